The van der Waals surface area contributed by atoms with Gasteiger partial charge in [-0.2, -0.15) is 17.6 Å². The fourth-order valence-electron chi connectivity index (χ4n) is 3.46. The van der Waals surface area contributed by atoms with E-state index in [4.69, 9.17) is 0 Å². The van der Waals surface area contributed by atoms with E-state index in [-0.39, 0.29) is 34.8 Å². The van der Waals surface area contributed by atoms with Crippen LogP contribution >= 0.6 is 0 Å². The Labute approximate surface area is 184 Å². The van der Waals surface area contributed by atoms with E-state index in [0.717, 1.165) is 18.9 Å². The number of halogens is 4. The van der Waals surface area contributed by atoms with Crippen molar-refractivity contribution in [3.05, 3.63) is 29.8 Å². The zero-order chi connectivity index (χ0) is 23.7. The summed E-state index contributed by atoms with van der Waals surface area (Å²) in [6.07, 6.45) is 5.53. The summed E-state index contributed by atoms with van der Waals surface area (Å²) in [7, 11) is 1.79. The van der Waals surface area contributed by atoms with Crippen molar-refractivity contribution >= 4 is 17.9 Å². The predicted molar refractivity (Wildman–Crippen MR) is 111 cm³/mol. The van der Waals surface area contributed by atoms with Crippen LogP contribution < -0.4 is 9.47 Å². The first-order valence-electron chi connectivity index (χ1n) is 10.5. The molecule has 0 atom stereocenters. The molecule has 2 amide bonds. The molecule has 10 heteroatoms. The van der Waals surface area contributed by atoms with Crippen LogP contribution in [-0.4, -0.2) is 61.5 Å². The highest BCUT2D eigenvalue weighted by Crippen LogP contribution is 2.29. The van der Waals surface area contributed by atoms with Gasteiger partial charge in [0.05, 0.1) is 0 Å². The number of carbonyl (C=O) groups is 2. The average Bonchev–Trinajstić information content (AvgIpc) is 2.75. The first-order valence-corrected chi connectivity index (χ1v) is 10.5. The molecule has 1 aromatic carbocycles. The minimum Gasteiger partial charge on any atom is -0.435 e. The van der Waals surface area contributed by atoms with Gasteiger partial charge in [-0.25, -0.2) is 0 Å². The topological polar surface area (TPSA) is 59.1 Å². The van der Waals surface area contributed by atoms with Crippen LogP contribution in [0.3, 0.4) is 0 Å². The van der Waals surface area contributed by atoms with Gasteiger partial charge in [-0.05, 0) is 37.5 Å². The first kappa shape index (κ1) is 25.5. The Hall–Kier alpha value is -2.78. The maximum absolute atomic E-state index is 12.7. The van der Waals surface area contributed by atoms with Gasteiger partial charge in [-0.1, -0.05) is 13.3 Å². The molecule has 2 rings (SSSR count). The number of unbranched alkanes of at least 4 members (excludes halogenated alkanes) is 1. The summed E-state index contributed by atoms with van der Waals surface area (Å²) < 4.78 is 58.6. The number of amides is 2. The number of hydrogen-bond acceptors (Lipinski definition) is 4. The molecule has 1 aliphatic rings. The molecule has 0 aliphatic carbocycles. The van der Waals surface area contributed by atoms with E-state index in [1.807, 2.05) is 0 Å². The Kier molecular flexibility index (Phi) is 9.80. The number of alkyl halides is 4. The highest BCUT2D eigenvalue weighted by molar-refractivity contribution is 5.92. The third-order valence-corrected chi connectivity index (χ3v) is 5.21. The third-order valence-electron chi connectivity index (χ3n) is 5.21. The van der Waals surface area contributed by atoms with Crippen LogP contribution in [0, 0.1) is 5.92 Å². The van der Waals surface area contributed by atoms with E-state index < -0.39 is 13.2 Å². The lowest BCUT2D eigenvalue weighted by atomic mass is 9.95. The smallest absolute Gasteiger partial charge is 0.387 e. The van der Waals surface area contributed by atoms with Crippen molar-refractivity contribution in [1.29, 1.82) is 0 Å². The number of piperidine rings is 1. The Morgan fingerprint density at radius 3 is 2.41 bits per heavy atom. The standard InChI is InChI=1S/C22H28F4N2O4/c1-3-4-11-27(2)20(30)16-9-12-28(13-10-16)19(29)8-6-15-5-7-17(31-21(23)24)14-18(15)32-22(25)26/h5-8,14,16,21-22H,3-4,9-13H2,1-2H3/b8-6+. The van der Waals surface area contributed by atoms with E-state index in [9.17, 15) is 27.2 Å². The molecule has 0 radical (unpaired) electrons. The molecule has 32 heavy (non-hydrogen) atoms. The minimum atomic E-state index is -3.17. The van der Waals surface area contributed by atoms with Crippen molar-refractivity contribution < 1.29 is 36.6 Å². The van der Waals surface area contributed by atoms with Crippen LogP contribution in [0.4, 0.5) is 17.6 Å². The quantitative estimate of drug-likeness (QED) is 0.384. The number of benzene rings is 1. The maximum Gasteiger partial charge on any atom is 0.387 e. The Morgan fingerprint density at radius 2 is 1.81 bits per heavy atom. The summed E-state index contributed by atoms with van der Waals surface area (Å²) in [5, 5.41) is 0. The maximum atomic E-state index is 12.7. The number of hydrogen-bond donors (Lipinski definition) is 0. The minimum absolute atomic E-state index is 0.0842. The van der Waals surface area contributed by atoms with Gasteiger partial charge in [0, 0.05) is 50.3 Å². The Balaban J connectivity index is 1.98. The Bertz CT molecular complexity index is 796. The summed E-state index contributed by atoms with van der Waals surface area (Å²) in [5.41, 5.74) is 0.114. The summed E-state index contributed by atoms with van der Waals surface area (Å²) >= 11 is 0. The second kappa shape index (κ2) is 12.3. The fourth-order valence-corrected chi connectivity index (χ4v) is 3.46. The number of ether oxygens (including phenoxy) is 2. The van der Waals surface area contributed by atoms with Gasteiger partial charge >= 0.3 is 13.2 Å². The molecule has 178 valence electrons. The van der Waals surface area contributed by atoms with E-state index in [1.54, 1.807) is 16.8 Å². The van der Waals surface area contributed by atoms with Crippen LogP contribution in [-0.2, 0) is 9.59 Å². The van der Waals surface area contributed by atoms with Crippen LogP contribution in [0.5, 0.6) is 11.5 Å². The number of carbonyl (C=O) groups excluding carboxylic acids is 2. The van der Waals surface area contributed by atoms with Crippen molar-refractivity contribution in [2.24, 2.45) is 5.92 Å². The molecule has 0 N–H and O–H groups in total. The lowest BCUT2D eigenvalue weighted by Crippen LogP contribution is -2.43. The van der Waals surface area contributed by atoms with Gasteiger partial charge in [0.25, 0.3) is 0 Å². The molecular weight excluding hydrogens is 432 g/mol. The summed E-state index contributed by atoms with van der Waals surface area (Å²) in [6, 6.07) is 3.33. The molecule has 1 saturated heterocycles. The molecule has 1 heterocycles. The molecule has 1 aliphatic heterocycles. The van der Waals surface area contributed by atoms with Gasteiger partial charge in [-0.3, -0.25) is 9.59 Å². The SMILES string of the molecule is CCCCN(C)C(=O)C1CCN(C(=O)/C=C/c2ccc(OC(F)F)cc2OC(F)F)CC1. The number of nitrogens with zero attached hydrogens (tertiary/aromatic N) is 2. The lowest BCUT2D eigenvalue weighted by Gasteiger charge is -2.32. The van der Waals surface area contributed by atoms with Gasteiger partial charge in [0.15, 0.2) is 0 Å². The molecule has 0 spiro atoms. The van der Waals surface area contributed by atoms with E-state index >= 15 is 0 Å². The van der Waals surface area contributed by atoms with E-state index in [1.165, 1.54) is 24.3 Å². The normalized spacial score (nSPS) is 14.9. The zero-order valence-electron chi connectivity index (χ0n) is 18.1. The first-order chi connectivity index (χ1) is 15.2. The van der Waals surface area contributed by atoms with Crippen LogP contribution in [0.15, 0.2) is 24.3 Å². The molecule has 0 unspecified atom stereocenters. The largest absolute Gasteiger partial charge is 0.435 e. The van der Waals surface area contributed by atoms with Gasteiger partial charge in [0.1, 0.15) is 11.5 Å². The molecule has 1 fully saturated rings. The van der Waals surface area contributed by atoms with Crippen LogP contribution in [0.25, 0.3) is 6.08 Å². The Morgan fingerprint density at radius 1 is 1.16 bits per heavy atom. The molecule has 0 aromatic heterocycles. The monoisotopic (exact) mass is 460 g/mol. The third kappa shape index (κ3) is 7.72. The summed E-state index contributed by atoms with van der Waals surface area (Å²) in [4.78, 5) is 28.3. The molecule has 1 aromatic rings. The van der Waals surface area contributed by atoms with Crippen molar-refractivity contribution in [2.75, 3.05) is 26.7 Å². The molecule has 6 nitrogen and oxygen atoms in total. The summed E-state index contributed by atoms with van der Waals surface area (Å²) in [5.74, 6) is -1.11. The molecular formula is C22H28F4N2O4. The van der Waals surface area contributed by atoms with Crippen molar-refractivity contribution in [3.63, 3.8) is 0 Å². The molecule has 0 bridgehead atoms. The van der Waals surface area contributed by atoms with Crippen molar-refractivity contribution in [3.8, 4) is 11.5 Å². The average molecular weight is 460 g/mol. The van der Waals surface area contributed by atoms with Gasteiger partial charge in [-0.15, -0.1) is 0 Å². The second-order valence-electron chi connectivity index (χ2n) is 7.50. The van der Waals surface area contributed by atoms with E-state index in [0.29, 0.717) is 32.5 Å². The van der Waals surface area contributed by atoms with Crippen molar-refractivity contribution in [1.82, 2.24) is 9.80 Å². The van der Waals surface area contributed by atoms with E-state index in [2.05, 4.69) is 16.4 Å². The predicted octanol–water partition coefficient (Wildman–Crippen LogP) is 4.40. The van der Waals surface area contributed by atoms with Crippen molar-refractivity contribution in [2.45, 2.75) is 45.8 Å². The van der Waals surface area contributed by atoms with Gasteiger partial charge < -0.3 is 19.3 Å². The number of rotatable bonds is 10. The highest BCUT2D eigenvalue weighted by Gasteiger charge is 2.28. The second-order valence-corrected chi connectivity index (χ2v) is 7.50. The summed E-state index contributed by atoms with van der Waals surface area (Å²) in [6.45, 7) is -2.71. The fraction of sp³-hybridized carbons (Fsp3) is 0.545. The highest BCUT2D eigenvalue weighted by atomic mass is 19.3. The van der Waals surface area contributed by atoms with Crippen LogP contribution in [0.1, 0.15) is 38.2 Å². The number of likely N-dealkylation sites (tertiary alicyclic amines) is 1. The van der Waals surface area contributed by atoms with Crippen LogP contribution in [0.2, 0.25) is 0 Å². The zero-order valence-corrected chi connectivity index (χ0v) is 18.1. The molecule has 0 saturated carbocycles. The van der Waals surface area contributed by atoms with Gasteiger partial charge in [0.2, 0.25) is 11.8 Å². The lowest BCUT2D eigenvalue weighted by molar-refractivity contribution is -0.138.